The van der Waals surface area contributed by atoms with Crippen molar-refractivity contribution in [2.75, 3.05) is 0 Å². The van der Waals surface area contributed by atoms with Gasteiger partial charge in [0.05, 0.1) is 0 Å². The van der Waals surface area contributed by atoms with Gasteiger partial charge in [0.2, 0.25) is 0 Å². The van der Waals surface area contributed by atoms with Crippen molar-refractivity contribution in [3.63, 3.8) is 0 Å². The third kappa shape index (κ3) is 3.28. The van der Waals surface area contributed by atoms with Gasteiger partial charge in [-0.25, -0.2) is 0 Å². The van der Waals surface area contributed by atoms with Crippen LogP contribution in [0.4, 0.5) is 0 Å². The molecule has 1 nitrogen and oxygen atoms in total. The van der Waals surface area contributed by atoms with Crippen LogP contribution >= 0.6 is 0 Å². The van der Waals surface area contributed by atoms with Crippen LogP contribution in [0, 0.1) is 5.92 Å². The lowest BCUT2D eigenvalue weighted by atomic mass is 9.72. The zero-order valence-corrected chi connectivity index (χ0v) is 12.4. The van der Waals surface area contributed by atoms with Crippen LogP contribution in [0.25, 0.3) is 0 Å². The van der Waals surface area contributed by atoms with Crippen molar-refractivity contribution in [3.05, 3.63) is 29.3 Å². The zero-order valence-electron chi connectivity index (χ0n) is 12.4. The van der Waals surface area contributed by atoms with Crippen molar-refractivity contribution in [1.29, 1.82) is 0 Å². The lowest BCUT2D eigenvalue weighted by Gasteiger charge is -2.33. The second-order valence-corrected chi connectivity index (χ2v) is 4.99. The highest BCUT2D eigenvalue weighted by molar-refractivity contribution is 5.39. The molecule has 0 bridgehead atoms. The number of rotatable bonds is 3. The first-order valence-corrected chi connectivity index (χ1v) is 7.58. The minimum absolute atomic E-state index is 0.427. The van der Waals surface area contributed by atoms with Crippen LogP contribution in [-0.2, 0) is 6.42 Å². The molecule has 0 aliphatic heterocycles. The van der Waals surface area contributed by atoms with E-state index in [0.29, 0.717) is 11.7 Å². The van der Waals surface area contributed by atoms with Crippen LogP contribution in [0.2, 0.25) is 0 Å². The molecule has 0 aromatic heterocycles. The Morgan fingerprint density at radius 1 is 1.22 bits per heavy atom. The Kier molecular flexibility index (Phi) is 6.24. The number of hydrogen-bond acceptors (Lipinski definition) is 1. The molecule has 1 aliphatic rings. The van der Waals surface area contributed by atoms with E-state index < -0.39 is 0 Å². The van der Waals surface area contributed by atoms with Gasteiger partial charge in [0, 0.05) is 0 Å². The van der Waals surface area contributed by atoms with Gasteiger partial charge < -0.3 is 5.11 Å². The summed E-state index contributed by atoms with van der Waals surface area (Å²) in [5.74, 6) is 1.91. The lowest BCUT2D eigenvalue weighted by Crippen LogP contribution is -2.20. The quantitative estimate of drug-likeness (QED) is 0.772. The average molecular weight is 248 g/mol. The summed E-state index contributed by atoms with van der Waals surface area (Å²) in [6.45, 7) is 8.55. The summed E-state index contributed by atoms with van der Waals surface area (Å²) in [7, 11) is 0. The molecule has 1 aromatic rings. The molecule has 2 atom stereocenters. The maximum absolute atomic E-state index is 9.63. The Morgan fingerprint density at radius 3 is 2.56 bits per heavy atom. The van der Waals surface area contributed by atoms with Crippen LogP contribution in [0.5, 0.6) is 5.75 Å². The first-order chi connectivity index (χ1) is 8.76. The highest BCUT2D eigenvalue weighted by Gasteiger charge is 2.27. The molecule has 0 spiro atoms. The fourth-order valence-electron chi connectivity index (χ4n) is 3.14. The van der Waals surface area contributed by atoms with E-state index in [9.17, 15) is 5.11 Å². The molecule has 18 heavy (non-hydrogen) atoms. The number of aryl methyl sites for hydroxylation is 1. The summed E-state index contributed by atoms with van der Waals surface area (Å²) in [6.07, 6.45) is 6.26. The van der Waals surface area contributed by atoms with E-state index in [0.717, 1.165) is 5.92 Å². The fraction of sp³-hybridized carbons (Fsp3) is 0.647. The molecular weight excluding hydrogens is 220 g/mol. The van der Waals surface area contributed by atoms with E-state index in [2.05, 4.69) is 19.9 Å². The topological polar surface area (TPSA) is 20.2 Å². The molecule has 1 N–H and O–H groups in total. The maximum Gasteiger partial charge on any atom is 0.115 e. The molecule has 2 unspecified atom stereocenters. The van der Waals surface area contributed by atoms with Gasteiger partial charge in [-0.15, -0.1) is 0 Å². The van der Waals surface area contributed by atoms with Crippen molar-refractivity contribution in [3.8, 4) is 5.75 Å². The maximum atomic E-state index is 9.63. The van der Waals surface area contributed by atoms with Crippen molar-refractivity contribution in [2.45, 2.75) is 65.7 Å². The largest absolute Gasteiger partial charge is 0.508 e. The average Bonchev–Trinajstić information content (AvgIpc) is 2.42. The second kappa shape index (κ2) is 7.45. The molecule has 1 aromatic carbocycles. The third-order valence-corrected chi connectivity index (χ3v) is 4.01. The SMILES string of the molecule is CC.CCCC1c2cc(O)ccc2CCC1CC. The molecule has 0 radical (unpaired) electrons. The van der Waals surface area contributed by atoms with Crippen molar-refractivity contribution < 1.29 is 5.11 Å². The van der Waals surface area contributed by atoms with E-state index in [4.69, 9.17) is 0 Å². The smallest absolute Gasteiger partial charge is 0.115 e. The van der Waals surface area contributed by atoms with Gasteiger partial charge in [0.15, 0.2) is 0 Å². The van der Waals surface area contributed by atoms with Crippen molar-refractivity contribution >= 4 is 0 Å². The standard InChI is InChI=1S/C15H22O.C2H6/c1-3-5-14-11(4-2)6-7-12-8-9-13(16)10-15(12)14;1-2/h8-11,14,16H,3-7H2,1-2H3;1-2H3. The van der Waals surface area contributed by atoms with Gasteiger partial charge in [0.1, 0.15) is 5.75 Å². The molecule has 0 fully saturated rings. The molecule has 102 valence electrons. The lowest BCUT2D eigenvalue weighted by molar-refractivity contribution is 0.341. The van der Waals surface area contributed by atoms with Gasteiger partial charge in [-0.1, -0.05) is 46.6 Å². The summed E-state index contributed by atoms with van der Waals surface area (Å²) >= 11 is 0. The van der Waals surface area contributed by atoms with Gasteiger partial charge in [-0.05, 0) is 54.4 Å². The van der Waals surface area contributed by atoms with E-state index >= 15 is 0 Å². The Morgan fingerprint density at radius 2 is 1.94 bits per heavy atom. The number of hydrogen-bond donors (Lipinski definition) is 1. The predicted octanol–water partition coefficient (Wildman–Crippen LogP) is 5.27. The summed E-state index contributed by atoms with van der Waals surface area (Å²) in [4.78, 5) is 0. The summed E-state index contributed by atoms with van der Waals surface area (Å²) in [6, 6.07) is 5.94. The first-order valence-electron chi connectivity index (χ1n) is 7.58. The minimum atomic E-state index is 0.427. The minimum Gasteiger partial charge on any atom is -0.508 e. The molecule has 2 rings (SSSR count). The highest BCUT2D eigenvalue weighted by Crippen LogP contribution is 2.41. The van der Waals surface area contributed by atoms with E-state index in [1.807, 2.05) is 26.0 Å². The Balaban J connectivity index is 0.000000771. The second-order valence-electron chi connectivity index (χ2n) is 4.99. The molecular formula is C17H28O. The highest BCUT2D eigenvalue weighted by atomic mass is 16.3. The van der Waals surface area contributed by atoms with Gasteiger partial charge in [-0.2, -0.15) is 0 Å². The Labute approximate surface area is 112 Å². The van der Waals surface area contributed by atoms with E-state index in [-0.39, 0.29) is 0 Å². The van der Waals surface area contributed by atoms with Crippen molar-refractivity contribution in [2.24, 2.45) is 5.92 Å². The summed E-state index contributed by atoms with van der Waals surface area (Å²) < 4.78 is 0. The predicted molar refractivity (Wildman–Crippen MR) is 79.2 cm³/mol. The van der Waals surface area contributed by atoms with Crippen molar-refractivity contribution in [1.82, 2.24) is 0 Å². The molecule has 0 saturated carbocycles. The molecule has 0 heterocycles. The first kappa shape index (κ1) is 15.1. The van der Waals surface area contributed by atoms with Gasteiger partial charge in [0.25, 0.3) is 0 Å². The summed E-state index contributed by atoms with van der Waals surface area (Å²) in [5.41, 5.74) is 2.88. The third-order valence-electron chi connectivity index (χ3n) is 4.01. The van der Waals surface area contributed by atoms with E-state index in [1.54, 1.807) is 0 Å². The van der Waals surface area contributed by atoms with Crippen LogP contribution in [0.3, 0.4) is 0 Å². The normalized spacial score (nSPS) is 21.8. The van der Waals surface area contributed by atoms with Gasteiger partial charge >= 0.3 is 0 Å². The molecule has 1 aliphatic carbocycles. The molecule has 0 amide bonds. The Bertz CT molecular complexity index is 357. The number of phenolic OH excluding ortho intramolecular Hbond substituents is 1. The molecule has 1 heteroatoms. The van der Waals surface area contributed by atoms with Gasteiger partial charge in [-0.3, -0.25) is 0 Å². The van der Waals surface area contributed by atoms with Crippen LogP contribution < -0.4 is 0 Å². The number of phenols is 1. The van der Waals surface area contributed by atoms with E-state index in [1.165, 1.54) is 43.2 Å². The monoisotopic (exact) mass is 248 g/mol. The zero-order chi connectivity index (χ0) is 13.5. The number of fused-ring (bicyclic) bond motifs is 1. The summed E-state index contributed by atoms with van der Waals surface area (Å²) in [5, 5.41) is 9.63. The van der Waals surface area contributed by atoms with Crippen LogP contribution in [0.15, 0.2) is 18.2 Å². The van der Waals surface area contributed by atoms with Crippen LogP contribution in [-0.4, -0.2) is 5.11 Å². The number of benzene rings is 1. The Hall–Kier alpha value is -0.980. The fourth-order valence-corrected chi connectivity index (χ4v) is 3.14. The molecule has 0 saturated heterocycles. The van der Waals surface area contributed by atoms with Crippen LogP contribution in [0.1, 0.15) is 70.4 Å². The number of aromatic hydroxyl groups is 1.